The highest BCUT2D eigenvalue weighted by Gasteiger charge is 2.24. The van der Waals surface area contributed by atoms with Crippen molar-refractivity contribution in [3.8, 4) is 5.75 Å². The molecule has 2 rings (SSSR count). The fourth-order valence-corrected chi connectivity index (χ4v) is 2.13. The molecule has 1 fully saturated rings. The van der Waals surface area contributed by atoms with Crippen LogP contribution in [0.2, 0.25) is 0 Å². The van der Waals surface area contributed by atoms with Crippen LogP contribution in [0.4, 0.5) is 0 Å². The van der Waals surface area contributed by atoms with Gasteiger partial charge in [0.1, 0.15) is 11.9 Å². The molecule has 100 valence electrons. The highest BCUT2D eigenvalue weighted by atomic mass is 16.5. The number of pyridine rings is 1. The third-order valence-electron chi connectivity index (χ3n) is 3.12. The van der Waals surface area contributed by atoms with E-state index in [1.54, 1.807) is 12.4 Å². The first-order chi connectivity index (χ1) is 8.81. The van der Waals surface area contributed by atoms with E-state index in [0.717, 1.165) is 37.9 Å². The summed E-state index contributed by atoms with van der Waals surface area (Å²) in [6.07, 6.45) is 6.70. The highest BCUT2D eigenvalue weighted by molar-refractivity contribution is 5.25. The number of aliphatic hydroxyl groups is 1. The molecule has 2 unspecified atom stereocenters. The summed E-state index contributed by atoms with van der Waals surface area (Å²) in [5.74, 6) is 0.712. The van der Waals surface area contributed by atoms with E-state index in [2.05, 4.69) is 11.9 Å². The molecule has 1 N–H and O–H groups in total. The zero-order valence-corrected chi connectivity index (χ0v) is 10.8. The third kappa shape index (κ3) is 3.43. The van der Waals surface area contributed by atoms with Gasteiger partial charge < -0.3 is 14.6 Å². The number of nitrogens with zero attached hydrogens (tertiary/aromatic N) is 1. The van der Waals surface area contributed by atoms with E-state index >= 15 is 0 Å². The van der Waals surface area contributed by atoms with Gasteiger partial charge in [0.25, 0.3) is 0 Å². The van der Waals surface area contributed by atoms with Crippen LogP contribution in [-0.2, 0) is 4.74 Å². The van der Waals surface area contributed by atoms with E-state index < -0.39 is 6.10 Å². The maximum atomic E-state index is 10.3. The smallest absolute Gasteiger partial charge is 0.137 e. The van der Waals surface area contributed by atoms with Crippen LogP contribution in [0.1, 0.15) is 44.3 Å². The van der Waals surface area contributed by atoms with Gasteiger partial charge in [-0.1, -0.05) is 6.92 Å². The molecule has 0 aliphatic carbocycles. The molecule has 0 radical (unpaired) electrons. The lowest BCUT2D eigenvalue weighted by Crippen LogP contribution is -2.26. The van der Waals surface area contributed by atoms with Crippen molar-refractivity contribution in [2.75, 3.05) is 13.2 Å². The Kier molecular flexibility index (Phi) is 4.96. The quantitative estimate of drug-likeness (QED) is 0.873. The zero-order chi connectivity index (χ0) is 12.8. The molecule has 0 amide bonds. The van der Waals surface area contributed by atoms with Gasteiger partial charge in [-0.05, 0) is 31.7 Å². The summed E-state index contributed by atoms with van der Waals surface area (Å²) in [6, 6.07) is 1.85. The summed E-state index contributed by atoms with van der Waals surface area (Å²) >= 11 is 0. The number of ether oxygens (including phenoxy) is 2. The van der Waals surface area contributed by atoms with E-state index in [9.17, 15) is 5.11 Å². The van der Waals surface area contributed by atoms with Crippen LogP contribution < -0.4 is 4.74 Å². The molecule has 0 bridgehead atoms. The maximum Gasteiger partial charge on any atom is 0.137 e. The standard InChI is InChI=1S/C14H21NO3/c1-2-6-17-12-8-11(9-15-10-12)14(16)13-5-3-4-7-18-13/h8-10,13-14,16H,2-7H2,1H3. The Balaban J connectivity index is 2.02. The lowest BCUT2D eigenvalue weighted by Gasteiger charge is -2.27. The van der Waals surface area contributed by atoms with Crippen LogP contribution in [0.5, 0.6) is 5.75 Å². The number of hydrogen-bond acceptors (Lipinski definition) is 4. The van der Waals surface area contributed by atoms with Gasteiger partial charge >= 0.3 is 0 Å². The van der Waals surface area contributed by atoms with Crippen molar-refractivity contribution in [2.45, 2.75) is 44.8 Å². The van der Waals surface area contributed by atoms with Crippen molar-refractivity contribution in [1.29, 1.82) is 0 Å². The summed E-state index contributed by atoms with van der Waals surface area (Å²) < 4.78 is 11.1. The van der Waals surface area contributed by atoms with Crippen molar-refractivity contribution < 1.29 is 14.6 Å². The molecule has 1 aliphatic heterocycles. The fraction of sp³-hybridized carbons (Fsp3) is 0.643. The molecule has 4 nitrogen and oxygen atoms in total. The van der Waals surface area contributed by atoms with Gasteiger partial charge in [-0.3, -0.25) is 4.98 Å². The van der Waals surface area contributed by atoms with Gasteiger partial charge in [-0.2, -0.15) is 0 Å². The Labute approximate surface area is 108 Å². The Hall–Kier alpha value is -1.13. The normalized spacial score (nSPS) is 21.6. The van der Waals surface area contributed by atoms with Gasteiger partial charge in [0, 0.05) is 18.4 Å². The fourth-order valence-electron chi connectivity index (χ4n) is 2.13. The predicted molar refractivity (Wildman–Crippen MR) is 68.6 cm³/mol. The van der Waals surface area contributed by atoms with Gasteiger partial charge in [0.15, 0.2) is 0 Å². The summed E-state index contributed by atoms with van der Waals surface area (Å²) in [5, 5.41) is 10.3. The first-order valence-electron chi connectivity index (χ1n) is 6.68. The molecular formula is C14H21NO3. The van der Waals surface area contributed by atoms with Gasteiger partial charge in [0.2, 0.25) is 0 Å². The second-order valence-corrected chi connectivity index (χ2v) is 4.65. The average Bonchev–Trinajstić information content (AvgIpc) is 2.45. The van der Waals surface area contributed by atoms with Crippen LogP contribution in [-0.4, -0.2) is 29.4 Å². The molecule has 1 aromatic heterocycles. The molecule has 4 heteroatoms. The molecule has 1 saturated heterocycles. The van der Waals surface area contributed by atoms with E-state index in [4.69, 9.17) is 9.47 Å². The van der Waals surface area contributed by atoms with Crippen LogP contribution in [0.25, 0.3) is 0 Å². The molecule has 0 spiro atoms. The number of hydrogen-bond donors (Lipinski definition) is 1. The largest absolute Gasteiger partial charge is 0.492 e. The van der Waals surface area contributed by atoms with E-state index in [1.165, 1.54) is 0 Å². The average molecular weight is 251 g/mol. The Morgan fingerprint density at radius 2 is 2.39 bits per heavy atom. The maximum absolute atomic E-state index is 10.3. The molecule has 1 aliphatic rings. The third-order valence-corrected chi connectivity index (χ3v) is 3.12. The number of aliphatic hydroxyl groups excluding tert-OH is 1. The Bertz CT molecular complexity index is 364. The number of rotatable bonds is 5. The predicted octanol–water partition coefficient (Wildman–Crippen LogP) is 2.47. The van der Waals surface area contributed by atoms with Crippen LogP contribution >= 0.6 is 0 Å². The van der Waals surface area contributed by atoms with Crippen LogP contribution in [0, 0.1) is 0 Å². The first-order valence-corrected chi connectivity index (χ1v) is 6.68. The van der Waals surface area contributed by atoms with Gasteiger partial charge in [-0.25, -0.2) is 0 Å². The highest BCUT2D eigenvalue weighted by Crippen LogP contribution is 2.27. The second-order valence-electron chi connectivity index (χ2n) is 4.65. The summed E-state index contributed by atoms with van der Waals surface area (Å²) in [7, 11) is 0. The van der Waals surface area contributed by atoms with Crippen LogP contribution in [0.3, 0.4) is 0 Å². The SMILES string of the molecule is CCCOc1cncc(C(O)C2CCCCO2)c1. The minimum Gasteiger partial charge on any atom is -0.492 e. The van der Waals surface area contributed by atoms with Gasteiger partial charge in [-0.15, -0.1) is 0 Å². The summed E-state index contributed by atoms with van der Waals surface area (Å²) in [6.45, 7) is 3.46. The van der Waals surface area contributed by atoms with E-state index in [1.807, 2.05) is 6.07 Å². The van der Waals surface area contributed by atoms with E-state index in [-0.39, 0.29) is 6.10 Å². The van der Waals surface area contributed by atoms with Crippen molar-refractivity contribution in [1.82, 2.24) is 4.98 Å². The minimum atomic E-state index is -0.608. The second kappa shape index (κ2) is 6.71. The summed E-state index contributed by atoms with van der Waals surface area (Å²) in [5.41, 5.74) is 0.774. The molecule has 2 heterocycles. The van der Waals surface area contributed by atoms with Crippen molar-refractivity contribution >= 4 is 0 Å². The lowest BCUT2D eigenvalue weighted by molar-refractivity contribution is -0.0635. The van der Waals surface area contributed by atoms with Crippen molar-refractivity contribution in [2.24, 2.45) is 0 Å². The van der Waals surface area contributed by atoms with Crippen molar-refractivity contribution in [3.63, 3.8) is 0 Å². The van der Waals surface area contributed by atoms with Gasteiger partial charge in [0.05, 0.1) is 18.9 Å². The molecule has 0 saturated carbocycles. The molecule has 0 aromatic carbocycles. The van der Waals surface area contributed by atoms with Crippen LogP contribution in [0.15, 0.2) is 18.5 Å². The lowest BCUT2D eigenvalue weighted by atomic mass is 9.99. The minimum absolute atomic E-state index is 0.109. The Morgan fingerprint density at radius 3 is 3.11 bits per heavy atom. The topological polar surface area (TPSA) is 51.6 Å². The number of aromatic nitrogens is 1. The van der Waals surface area contributed by atoms with E-state index in [0.29, 0.717) is 12.4 Å². The molecule has 18 heavy (non-hydrogen) atoms. The molecule has 1 aromatic rings. The molecule has 2 atom stereocenters. The summed E-state index contributed by atoms with van der Waals surface area (Å²) in [4.78, 5) is 4.11. The molecular weight excluding hydrogens is 230 g/mol. The zero-order valence-electron chi connectivity index (χ0n) is 10.8. The monoisotopic (exact) mass is 251 g/mol. The van der Waals surface area contributed by atoms with Crippen molar-refractivity contribution in [3.05, 3.63) is 24.0 Å². The Morgan fingerprint density at radius 1 is 1.50 bits per heavy atom. The first kappa shape index (κ1) is 13.3.